The highest BCUT2D eigenvalue weighted by molar-refractivity contribution is 5.85. The van der Waals surface area contributed by atoms with E-state index in [1.165, 1.54) is 0 Å². The number of esters is 1. The molecule has 0 spiro atoms. The summed E-state index contributed by atoms with van der Waals surface area (Å²) < 4.78 is 38.1. The molecule has 0 bridgehead atoms. The highest BCUT2D eigenvalue weighted by atomic mass is 35.5. The first-order chi connectivity index (χ1) is 4.39. The summed E-state index contributed by atoms with van der Waals surface area (Å²) >= 11 is 0. The van der Waals surface area contributed by atoms with Crippen molar-refractivity contribution in [3.05, 3.63) is 0 Å². The van der Waals surface area contributed by atoms with E-state index in [2.05, 4.69) is 10.5 Å². The quantitative estimate of drug-likeness (QED) is 0.616. The van der Waals surface area contributed by atoms with E-state index in [1.54, 1.807) is 0 Å². The van der Waals surface area contributed by atoms with Crippen molar-refractivity contribution < 1.29 is 22.7 Å². The minimum Gasteiger partial charge on any atom is -0.468 e. The zero-order valence-corrected chi connectivity index (χ0v) is 6.33. The molecule has 11 heavy (non-hydrogen) atoms. The maximum Gasteiger partial charge on any atom is 0.414 e. The highest BCUT2D eigenvalue weighted by Crippen LogP contribution is 2.18. The molecule has 0 aromatic carbocycles. The number of hydrogen-bond donors (Lipinski definition) is 1. The molecule has 0 amide bonds. The Hall–Kier alpha value is -0.490. The van der Waals surface area contributed by atoms with Gasteiger partial charge in [0.2, 0.25) is 0 Å². The Labute approximate surface area is 67.1 Å². The van der Waals surface area contributed by atoms with Crippen molar-refractivity contribution in [2.75, 3.05) is 7.11 Å². The molecule has 7 heteroatoms. The molecule has 0 radical (unpaired) electrons. The number of rotatable bonds is 1. The van der Waals surface area contributed by atoms with Crippen molar-refractivity contribution in [1.82, 2.24) is 0 Å². The van der Waals surface area contributed by atoms with Gasteiger partial charge in [0.25, 0.3) is 0 Å². The van der Waals surface area contributed by atoms with Crippen LogP contribution in [0.5, 0.6) is 0 Å². The molecule has 0 aliphatic heterocycles. The summed E-state index contributed by atoms with van der Waals surface area (Å²) in [5.41, 5.74) is 4.41. The lowest BCUT2D eigenvalue weighted by atomic mass is 10.3. The zero-order chi connectivity index (χ0) is 8.36. The SMILES string of the molecule is COC(=O)C(N)C(F)(F)F.Cl. The predicted octanol–water partition coefficient (Wildman–Crippen LogP) is 0.471. The van der Waals surface area contributed by atoms with Gasteiger partial charge in [-0.05, 0) is 0 Å². The number of alkyl halides is 3. The number of carbonyl (C=O) groups excluding carboxylic acids is 1. The number of ether oxygens (including phenoxy) is 1. The van der Waals surface area contributed by atoms with Gasteiger partial charge in [-0.25, -0.2) is 0 Å². The molecule has 0 heterocycles. The monoisotopic (exact) mass is 193 g/mol. The van der Waals surface area contributed by atoms with Gasteiger partial charge in [-0.2, -0.15) is 13.2 Å². The normalized spacial score (nSPS) is 13.2. The first-order valence-electron chi connectivity index (χ1n) is 2.29. The first-order valence-corrected chi connectivity index (χ1v) is 2.29. The summed E-state index contributed by atoms with van der Waals surface area (Å²) in [5, 5.41) is 0. The van der Waals surface area contributed by atoms with E-state index >= 15 is 0 Å². The molecule has 0 aliphatic rings. The van der Waals surface area contributed by atoms with Crippen LogP contribution in [0, 0.1) is 0 Å². The lowest BCUT2D eigenvalue weighted by molar-refractivity contribution is -0.177. The molecule has 3 nitrogen and oxygen atoms in total. The molecule has 1 unspecified atom stereocenters. The number of hydrogen-bond acceptors (Lipinski definition) is 3. The van der Waals surface area contributed by atoms with Gasteiger partial charge in [-0.15, -0.1) is 12.4 Å². The van der Waals surface area contributed by atoms with Crippen LogP contribution >= 0.6 is 12.4 Å². The zero-order valence-electron chi connectivity index (χ0n) is 5.51. The van der Waals surface area contributed by atoms with Crippen molar-refractivity contribution in [1.29, 1.82) is 0 Å². The van der Waals surface area contributed by atoms with Gasteiger partial charge in [0.05, 0.1) is 7.11 Å². The fraction of sp³-hybridized carbons (Fsp3) is 0.750. The molecule has 0 aliphatic carbocycles. The smallest absolute Gasteiger partial charge is 0.414 e. The van der Waals surface area contributed by atoms with Gasteiger partial charge in [-0.3, -0.25) is 4.79 Å². The molecule has 1 atom stereocenters. The van der Waals surface area contributed by atoms with Crippen LogP contribution in [0.1, 0.15) is 0 Å². The Morgan fingerprint density at radius 1 is 1.55 bits per heavy atom. The van der Waals surface area contributed by atoms with Crippen LogP contribution in [0.15, 0.2) is 0 Å². The Morgan fingerprint density at radius 3 is 2.00 bits per heavy atom. The Kier molecular flexibility index (Phi) is 5.25. The van der Waals surface area contributed by atoms with E-state index in [1.807, 2.05) is 0 Å². The number of carbonyl (C=O) groups is 1. The average molecular weight is 194 g/mol. The summed E-state index contributed by atoms with van der Waals surface area (Å²) in [5.74, 6) is -1.48. The topological polar surface area (TPSA) is 52.3 Å². The Morgan fingerprint density at radius 2 is 1.91 bits per heavy atom. The third kappa shape index (κ3) is 4.05. The van der Waals surface area contributed by atoms with E-state index in [0.717, 1.165) is 7.11 Å². The second-order valence-electron chi connectivity index (χ2n) is 1.54. The lowest BCUT2D eigenvalue weighted by Crippen LogP contribution is -2.44. The van der Waals surface area contributed by atoms with E-state index in [4.69, 9.17) is 0 Å². The van der Waals surface area contributed by atoms with Gasteiger partial charge in [0.15, 0.2) is 6.04 Å². The standard InChI is InChI=1S/C4H6F3NO2.ClH/c1-10-3(9)2(8)4(5,6)7;/h2H,8H2,1H3;1H. The Balaban J connectivity index is 0. The van der Waals surface area contributed by atoms with Crippen molar-refractivity contribution in [2.24, 2.45) is 5.73 Å². The second-order valence-corrected chi connectivity index (χ2v) is 1.54. The van der Waals surface area contributed by atoms with Crippen LogP contribution in [-0.2, 0) is 9.53 Å². The summed E-state index contributed by atoms with van der Waals surface area (Å²) in [4.78, 5) is 10.1. The van der Waals surface area contributed by atoms with E-state index in [-0.39, 0.29) is 12.4 Å². The van der Waals surface area contributed by atoms with Gasteiger partial charge >= 0.3 is 12.1 Å². The number of methoxy groups -OCH3 is 1. The molecule has 2 N–H and O–H groups in total. The molecular formula is C4H7ClF3NO2. The van der Waals surface area contributed by atoms with Crippen molar-refractivity contribution in [2.45, 2.75) is 12.2 Å². The molecular weight excluding hydrogens is 186 g/mol. The van der Waals surface area contributed by atoms with Crippen LogP contribution in [0.25, 0.3) is 0 Å². The van der Waals surface area contributed by atoms with Gasteiger partial charge in [0.1, 0.15) is 0 Å². The fourth-order valence-electron chi connectivity index (χ4n) is 0.261. The minimum absolute atomic E-state index is 0. The van der Waals surface area contributed by atoms with Crippen molar-refractivity contribution in [3.8, 4) is 0 Å². The van der Waals surface area contributed by atoms with Crippen molar-refractivity contribution in [3.63, 3.8) is 0 Å². The molecule has 0 aromatic rings. The first kappa shape index (κ1) is 13.1. The molecule has 0 saturated heterocycles. The second kappa shape index (κ2) is 4.40. The Bertz CT molecular complexity index is 138. The van der Waals surface area contributed by atoms with Crippen LogP contribution in [0.3, 0.4) is 0 Å². The highest BCUT2D eigenvalue weighted by Gasteiger charge is 2.42. The third-order valence-electron chi connectivity index (χ3n) is 0.808. The summed E-state index contributed by atoms with van der Waals surface area (Å²) in [6.45, 7) is 0. The van der Waals surface area contributed by atoms with E-state index in [0.29, 0.717) is 0 Å². The molecule has 0 fully saturated rings. The van der Waals surface area contributed by atoms with Gasteiger partial charge in [0, 0.05) is 0 Å². The summed E-state index contributed by atoms with van der Waals surface area (Å²) in [6, 6.07) is -2.53. The van der Waals surface area contributed by atoms with Crippen molar-refractivity contribution >= 4 is 18.4 Å². The van der Waals surface area contributed by atoms with Crippen LogP contribution in [0.4, 0.5) is 13.2 Å². The molecule has 0 rings (SSSR count). The molecule has 0 saturated carbocycles. The van der Waals surface area contributed by atoms with E-state index in [9.17, 15) is 18.0 Å². The van der Waals surface area contributed by atoms with Gasteiger partial charge in [-0.1, -0.05) is 0 Å². The fourth-order valence-corrected chi connectivity index (χ4v) is 0.261. The minimum atomic E-state index is -4.72. The number of halogens is 4. The predicted molar refractivity (Wildman–Crippen MR) is 33.3 cm³/mol. The molecule has 0 aromatic heterocycles. The maximum absolute atomic E-state index is 11.5. The maximum atomic E-state index is 11.5. The van der Waals surface area contributed by atoms with Crippen LogP contribution in [0.2, 0.25) is 0 Å². The van der Waals surface area contributed by atoms with Gasteiger partial charge < -0.3 is 10.5 Å². The summed E-state index contributed by atoms with van der Waals surface area (Å²) in [7, 11) is 0.841. The van der Waals surface area contributed by atoms with E-state index < -0.39 is 18.2 Å². The average Bonchev–Trinajstić information content (AvgIpc) is 1.83. The molecule has 68 valence electrons. The number of nitrogens with two attached hydrogens (primary N) is 1. The largest absolute Gasteiger partial charge is 0.468 e. The third-order valence-corrected chi connectivity index (χ3v) is 0.808. The lowest BCUT2D eigenvalue weighted by Gasteiger charge is -2.11. The van der Waals surface area contributed by atoms with Crippen LogP contribution < -0.4 is 5.73 Å². The summed E-state index contributed by atoms with van der Waals surface area (Å²) in [6.07, 6.45) is -4.72. The van der Waals surface area contributed by atoms with Crippen LogP contribution in [-0.4, -0.2) is 25.3 Å².